The summed E-state index contributed by atoms with van der Waals surface area (Å²) in [6.07, 6.45) is 0. The Labute approximate surface area is 166 Å². The van der Waals surface area contributed by atoms with Gasteiger partial charge in [-0.05, 0) is 42.3 Å². The first-order valence-corrected chi connectivity index (χ1v) is 7.21. The third-order valence-corrected chi connectivity index (χ3v) is 3.59. The van der Waals surface area contributed by atoms with E-state index in [9.17, 15) is 0 Å². The number of rotatable bonds is 4. The molecule has 0 spiro atoms. The zero-order valence-electron chi connectivity index (χ0n) is 13.7. The van der Waals surface area contributed by atoms with E-state index >= 15 is 0 Å². The molecule has 0 radical (unpaired) electrons. The zero-order valence-corrected chi connectivity index (χ0v) is 16.2. The number of hydrogen-bond acceptors (Lipinski definition) is 5. The molecule has 0 unspecified atom stereocenters. The molecule has 3 rings (SSSR count). The van der Waals surface area contributed by atoms with Crippen LogP contribution in [0.4, 0.5) is 11.4 Å². The molecule has 0 fully saturated rings. The molecule has 1 aliphatic heterocycles. The second-order valence-electron chi connectivity index (χ2n) is 5.37. The molecule has 138 valence electrons. The van der Waals surface area contributed by atoms with Gasteiger partial charge in [-0.2, -0.15) is 0 Å². The number of halogens is 3. The highest BCUT2D eigenvalue weighted by Crippen LogP contribution is 2.31. The molecule has 8 heteroatoms. The van der Waals surface area contributed by atoms with E-state index in [1.165, 1.54) is 5.56 Å². The van der Waals surface area contributed by atoms with Gasteiger partial charge in [0, 0.05) is 18.8 Å². The van der Waals surface area contributed by atoms with Gasteiger partial charge >= 0.3 is 0 Å². The first-order valence-electron chi connectivity index (χ1n) is 7.21. The third-order valence-electron chi connectivity index (χ3n) is 3.59. The molecular formula is C17H23Cl3N4O. The number of allylic oxidation sites excluding steroid dienone is 1. The Morgan fingerprint density at radius 1 is 0.920 bits per heavy atom. The van der Waals surface area contributed by atoms with Crippen LogP contribution in [0, 0.1) is 0 Å². The van der Waals surface area contributed by atoms with Crippen molar-refractivity contribution in [2.24, 2.45) is 5.73 Å². The van der Waals surface area contributed by atoms with E-state index in [4.69, 9.17) is 16.2 Å². The average molecular weight is 406 g/mol. The van der Waals surface area contributed by atoms with Crippen molar-refractivity contribution in [3.63, 3.8) is 0 Å². The molecule has 5 nitrogen and oxygen atoms in total. The number of nitrogen functional groups attached to an aromatic ring is 1. The van der Waals surface area contributed by atoms with Crippen molar-refractivity contribution in [3.05, 3.63) is 65.2 Å². The summed E-state index contributed by atoms with van der Waals surface area (Å²) in [5.41, 5.74) is 15.6. The summed E-state index contributed by atoms with van der Waals surface area (Å²) in [7, 11) is 0. The van der Waals surface area contributed by atoms with Crippen molar-refractivity contribution in [1.29, 1.82) is 0 Å². The van der Waals surface area contributed by atoms with Crippen molar-refractivity contribution in [1.82, 2.24) is 5.32 Å². The molecule has 6 N–H and O–H groups in total. The number of nitrogens with one attached hydrogen (secondary N) is 2. The Balaban J connectivity index is 0.00000192. The Morgan fingerprint density at radius 2 is 1.52 bits per heavy atom. The van der Waals surface area contributed by atoms with Gasteiger partial charge in [-0.3, -0.25) is 0 Å². The summed E-state index contributed by atoms with van der Waals surface area (Å²) in [5, 5.41) is 6.57. The fourth-order valence-corrected chi connectivity index (χ4v) is 2.31. The summed E-state index contributed by atoms with van der Waals surface area (Å²) >= 11 is 0. The Bertz CT molecular complexity index is 720. The van der Waals surface area contributed by atoms with Crippen LogP contribution in [0.1, 0.15) is 18.1 Å². The lowest BCUT2D eigenvalue weighted by Crippen LogP contribution is -2.19. The fraction of sp³-hybridized carbons (Fsp3) is 0.176. The summed E-state index contributed by atoms with van der Waals surface area (Å²) in [6, 6.07) is 13.9. The van der Waals surface area contributed by atoms with Gasteiger partial charge in [0.15, 0.2) is 5.75 Å². The average Bonchev–Trinajstić information content (AvgIpc) is 2.51. The Morgan fingerprint density at radius 3 is 2.20 bits per heavy atom. The van der Waals surface area contributed by atoms with Gasteiger partial charge in [-0.1, -0.05) is 18.2 Å². The van der Waals surface area contributed by atoms with Gasteiger partial charge < -0.3 is 26.8 Å². The molecule has 0 aliphatic carbocycles. The number of fused-ring (bicyclic) bond motifs is 1. The second kappa shape index (κ2) is 10.3. The molecule has 0 bridgehead atoms. The SMILES string of the molecule is CC1=C(N)Nc2cc(CNCc3ccc(N)cc3)ccc2O1.Cl.Cl.Cl. The van der Waals surface area contributed by atoms with Crippen LogP contribution in [0.2, 0.25) is 0 Å². The Kier molecular flexibility index (Phi) is 9.52. The fourth-order valence-electron chi connectivity index (χ4n) is 2.31. The molecule has 0 aromatic heterocycles. The van der Waals surface area contributed by atoms with Crippen LogP contribution in [-0.4, -0.2) is 0 Å². The molecule has 1 aliphatic rings. The lowest BCUT2D eigenvalue weighted by Gasteiger charge is -2.21. The summed E-state index contributed by atoms with van der Waals surface area (Å²) in [5.74, 6) is 2.05. The molecule has 0 amide bonds. The lowest BCUT2D eigenvalue weighted by atomic mass is 10.1. The van der Waals surface area contributed by atoms with Crippen LogP contribution < -0.4 is 26.8 Å². The minimum atomic E-state index is 0. The maximum absolute atomic E-state index is 5.85. The zero-order chi connectivity index (χ0) is 15.5. The van der Waals surface area contributed by atoms with Crippen molar-refractivity contribution in [2.75, 3.05) is 11.1 Å². The Hall–Kier alpha value is -1.79. The first-order chi connectivity index (χ1) is 10.6. The molecule has 25 heavy (non-hydrogen) atoms. The predicted octanol–water partition coefficient (Wildman–Crippen LogP) is 3.78. The van der Waals surface area contributed by atoms with Crippen LogP contribution in [0.25, 0.3) is 0 Å². The maximum atomic E-state index is 5.85. The van der Waals surface area contributed by atoms with Gasteiger partial charge in [0.1, 0.15) is 11.6 Å². The first kappa shape index (κ1) is 23.2. The molecule has 2 aromatic carbocycles. The number of anilines is 2. The molecule has 1 heterocycles. The van der Waals surface area contributed by atoms with Crippen LogP contribution in [0.3, 0.4) is 0 Å². The second-order valence-corrected chi connectivity index (χ2v) is 5.37. The minimum absolute atomic E-state index is 0. The van der Waals surface area contributed by atoms with Crippen LogP contribution in [-0.2, 0) is 13.1 Å². The van der Waals surface area contributed by atoms with Gasteiger partial charge in [-0.25, -0.2) is 0 Å². The van der Waals surface area contributed by atoms with E-state index < -0.39 is 0 Å². The maximum Gasteiger partial charge on any atom is 0.150 e. The van der Waals surface area contributed by atoms with Crippen molar-refractivity contribution < 1.29 is 4.74 Å². The summed E-state index contributed by atoms with van der Waals surface area (Å²) < 4.78 is 5.64. The van der Waals surface area contributed by atoms with Gasteiger partial charge in [0.2, 0.25) is 0 Å². The predicted molar refractivity (Wildman–Crippen MR) is 111 cm³/mol. The van der Waals surface area contributed by atoms with E-state index in [1.807, 2.05) is 49.4 Å². The number of benzene rings is 2. The highest BCUT2D eigenvalue weighted by molar-refractivity contribution is 5.86. The number of hydrogen-bond donors (Lipinski definition) is 4. The van der Waals surface area contributed by atoms with E-state index in [1.54, 1.807) is 0 Å². The molecule has 0 atom stereocenters. The topological polar surface area (TPSA) is 85.3 Å². The van der Waals surface area contributed by atoms with Gasteiger partial charge in [-0.15, -0.1) is 37.2 Å². The van der Waals surface area contributed by atoms with Crippen LogP contribution >= 0.6 is 37.2 Å². The van der Waals surface area contributed by atoms with Gasteiger partial charge in [0.05, 0.1) is 5.69 Å². The van der Waals surface area contributed by atoms with E-state index in [2.05, 4.69) is 10.6 Å². The quantitative estimate of drug-likeness (QED) is 0.582. The summed E-state index contributed by atoms with van der Waals surface area (Å²) in [6.45, 7) is 3.40. The van der Waals surface area contributed by atoms with Crippen LogP contribution in [0.5, 0.6) is 5.75 Å². The van der Waals surface area contributed by atoms with Crippen LogP contribution in [0.15, 0.2) is 54.0 Å². The highest BCUT2D eigenvalue weighted by atomic mass is 35.5. The monoisotopic (exact) mass is 404 g/mol. The molecular weight excluding hydrogens is 383 g/mol. The lowest BCUT2D eigenvalue weighted by molar-refractivity contribution is 0.415. The van der Waals surface area contributed by atoms with E-state index in [0.29, 0.717) is 11.6 Å². The highest BCUT2D eigenvalue weighted by Gasteiger charge is 2.14. The van der Waals surface area contributed by atoms with Gasteiger partial charge in [0.25, 0.3) is 0 Å². The molecule has 0 saturated heterocycles. The van der Waals surface area contributed by atoms with Crippen molar-refractivity contribution in [2.45, 2.75) is 20.0 Å². The standard InChI is InChI=1S/C17H20N4O.3ClH/c1-11-17(19)21-15-8-13(4-7-16(15)22-11)10-20-9-12-2-5-14(18)6-3-12;;;/h2-8,20-21H,9-10,18-19H2,1H3;3*1H. The van der Waals surface area contributed by atoms with Crippen molar-refractivity contribution in [3.8, 4) is 5.75 Å². The van der Waals surface area contributed by atoms with E-state index in [-0.39, 0.29) is 37.2 Å². The smallest absolute Gasteiger partial charge is 0.150 e. The minimum Gasteiger partial charge on any atom is -0.456 e. The van der Waals surface area contributed by atoms with Crippen molar-refractivity contribution >= 4 is 48.6 Å². The summed E-state index contributed by atoms with van der Waals surface area (Å²) in [4.78, 5) is 0. The normalized spacial score (nSPS) is 11.7. The largest absolute Gasteiger partial charge is 0.456 e. The third kappa shape index (κ3) is 5.90. The molecule has 0 saturated carbocycles. The number of ether oxygens (including phenoxy) is 1. The molecule has 2 aromatic rings. The van der Waals surface area contributed by atoms with E-state index in [0.717, 1.165) is 35.8 Å². The number of nitrogens with two attached hydrogens (primary N) is 2.